The minimum Gasteiger partial charge on any atom is -0.382 e. The number of H-pyrrole nitrogens is 1. The quantitative estimate of drug-likeness (QED) is 0.494. The molecule has 14 heavy (non-hydrogen) atoms. The number of nitrogens with zero attached hydrogens (tertiary/aromatic N) is 3. The molecule has 6 nitrogen and oxygen atoms in total. The van der Waals surface area contributed by atoms with Crippen LogP contribution in [0.4, 0.5) is 17.3 Å². The summed E-state index contributed by atoms with van der Waals surface area (Å²) in [5.41, 5.74) is 11.5. The van der Waals surface area contributed by atoms with Crippen molar-refractivity contribution in [3.05, 3.63) is 0 Å². The number of aromatic amines is 1. The van der Waals surface area contributed by atoms with Crippen molar-refractivity contribution in [1.82, 2.24) is 10.2 Å². The second kappa shape index (κ2) is 5.21. The van der Waals surface area contributed by atoms with Crippen LogP contribution in [0.1, 0.15) is 26.2 Å². The summed E-state index contributed by atoms with van der Waals surface area (Å²) in [6.07, 6.45) is 3.37. The fourth-order valence-corrected chi connectivity index (χ4v) is 1.02. The predicted molar refractivity (Wildman–Crippen MR) is 56.3 cm³/mol. The van der Waals surface area contributed by atoms with Crippen molar-refractivity contribution in [3.63, 3.8) is 0 Å². The molecule has 0 saturated carbocycles. The molecule has 0 aromatic carbocycles. The van der Waals surface area contributed by atoms with Crippen LogP contribution in [0.15, 0.2) is 10.2 Å². The highest BCUT2D eigenvalue weighted by Gasteiger charge is 2.05. The first kappa shape index (κ1) is 10.5. The number of azo groups is 1. The number of hydrogen-bond acceptors (Lipinski definition) is 5. The van der Waals surface area contributed by atoms with Gasteiger partial charge >= 0.3 is 0 Å². The van der Waals surface area contributed by atoms with Crippen molar-refractivity contribution in [2.75, 3.05) is 18.0 Å². The van der Waals surface area contributed by atoms with Gasteiger partial charge in [-0.25, -0.2) is 0 Å². The van der Waals surface area contributed by atoms with Crippen LogP contribution >= 0.6 is 0 Å². The second-order valence-electron chi connectivity index (χ2n) is 3.04. The van der Waals surface area contributed by atoms with Gasteiger partial charge in [-0.05, 0) is 6.42 Å². The molecule has 0 aliphatic carbocycles. The summed E-state index contributed by atoms with van der Waals surface area (Å²) in [4.78, 5) is 0. The number of unbranched alkanes of at least 4 members (excludes halogenated alkanes) is 2. The number of nitrogens with two attached hydrogens (primary N) is 2. The molecule has 0 spiro atoms. The molecule has 0 bridgehead atoms. The molecule has 0 saturated heterocycles. The molecule has 0 unspecified atom stereocenters. The number of aromatic nitrogens is 2. The average Bonchev–Trinajstić information content (AvgIpc) is 2.48. The Morgan fingerprint density at radius 3 is 2.71 bits per heavy atom. The van der Waals surface area contributed by atoms with E-state index in [2.05, 4.69) is 27.3 Å². The lowest BCUT2D eigenvalue weighted by molar-refractivity contribution is 0.713. The highest BCUT2D eigenvalue weighted by atomic mass is 15.2. The zero-order chi connectivity index (χ0) is 10.4. The molecule has 0 amide bonds. The van der Waals surface area contributed by atoms with Gasteiger partial charge in [0, 0.05) is 0 Å². The van der Waals surface area contributed by atoms with Crippen LogP contribution in [-0.4, -0.2) is 16.7 Å². The topological polar surface area (TPSA) is 105 Å². The van der Waals surface area contributed by atoms with Gasteiger partial charge in [0.1, 0.15) is 5.82 Å². The third-order valence-corrected chi connectivity index (χ3v) is 1.83. The summed E-state index contributed by atoms with van der Waals surface area (Å²) >= 11 is 0. The first-order valence-corrected chi connectivity index (χ1v) is 4.72. The van der Waals surface area contributed by atoms with E-state index < -0.39 is 0 Å². The Bertz CT molecular complexity index is 283. The molecule has 0 atom stereocenters. The van der Waals surface area contributed by atoms with Crippen LogP contribution in [0.2, 0.25) is 0 Å². The normalized spacial score (nSPS) is 11.2. The van der Waals surface area contributed by atoms with Gasteiger partial charge < -0.3 is 11.5 Å². The van der Waals surface area contributed by atoms with Crippen molar-refractivity contribution in [1.29, 1.82) is 0 Å². The molecule has 0 radical (unpaired) electrons. The lowest BCUT2D eigenvalue weighted by atomic mass is 10.3. The highest BCUT2D eigenvalue weighted by molar-refractivity contribution is 5.69. The maximum absolute atomic E-state index is 5.53. The first-order valence-electron chi connectivity index (χ1n) is 4.72. The van der Waals surface area contributed by atoms with E-state index in [-0.39, 0.29) is 0 Å². The van der Waals surface area contributed by atoms with E-state index in [0.29, 0.717) is 23.9 Å². The summed E-state index contributed by atoms with van der Waals surface area (Å²) in [5.74, 6) is 0.656. The summed E-state index contributed by atoms with van der Waals surface area (Å²) in [6.45, 7) is 2.85. The molecule has 0 aliphatic heterocycles. The van der Waals surface area contributed by atoms with Crippen molar-refractivity contribution in [2.45, 2.75) is 26.2 Å². The molecule has 5 N–H and O–H groups in total. The summed E-state index contributed by atoms with van der Waals surface area (Å²) in [5, 5.41) is 14.1. The van der Waals surface area contributed by atoms with Gasteiger partial charge in [-0.2, -0.15) is 10.2 Å². The lowest BCUT2D eigenvalue weighted by Gasteiger charge is -1.92. The largest absolute Gasteiger partial charge is 0.382 e. The van der Waals surface area contributed by atoms with Crippen molar-refractivity contribution in [3.8, 4) is 0 Å². The Labute approximate surface area is 82.8 Å². The van der Waals surface area contributed by atoms with E-state index in [0.717, 1.165) is 12.8 Å². The standard InChI is InChI=1S/C8H16N6/c1-2-3-4-5-11-12-6-7(9)13-14-8(6)10/h2-5H2,1H3,(H5,9,10,13,14). The number of anilines is 2. The Morgan fingerprint density at radius 1 is 1.36 bits per heavy atom. The zero-order valence-electron chi connectivity index (χ0n) is 8.32. The van der Waals surface area contributed by atoms with E-state index in [1.54, 1.807) is 0 Å². The third kappa shape index (κ3) is 2.72. The Balaban J connectivity index is 2.43. The van der Waals surface area contributed by atoms with Gasteiger partial charge in [-0.1, -0.05) is 19.8 Å². The molecule has 0 aliphatic rings. The Kier molecular flexibility index (Phi) is 3.90. The van der Waals surface area contributed by atoms with Gasteiger partial charge in [0.2, 0.25) is 0 Å². The van der Waals surface area contributed by atoms with Gasteiger partial charge in [0.05, 0.1) is 6.54 Å². The van der Waals surface area contributed by atoms with E-state index in [4.69, 9.17) is 11.5 Å². The third-order valence-electron chi connectivity index (χ3n) is 1.83. The van der Waals surface area contributed by atoms with E-state index in [1.165, 1.54) is 6.42 Å². The van der Waals surface area contributed by atoms with Gasteiger partial charge in [-0.3, -0.25) is 5.10 Å². The van der Waals surface area contributed by atoms with Crippen molar-refractivity contribution < 1.29 is 0 Å². The summed E-state index contributed by atoms with van der Waals surface area (Å²) in [6, 6.07) is 0. The monoisotopic (exact) mass is 196 g/mol. The fourth-order valence-electron chi connectivity index (χ4n) is 1.02. The van der Waals surface area contributed by atoms with Crippen molar-refractivity contribution >= 4 is 17.3 Å². The Hall–Kier alpha value is -1.59. The average molecular weight is 196 g/mol. The van der Waals surface area contributed by atoms with E-state index in [1.807, 2.05) is 0 Å². The molecule has 1 heterocycles. The molecule has 1 aromatic rings. The number of nitrogens with one attached hydrogen (secondary N) is 1. The molecule has 0 fully saturated rings. The molecular formula is C8H16N6. The van der Waals surface area contributed by atoms with E-state index in [9.17, 15) is 0 Å². The summed E-state index contributed by atoms with van der Waals surface area (Å²) in [7, 11) is 0. The predicted octanol–water partition coefficient (Wildman–Crippen LogP) is 1.85. The minimum absolute atomic E-state index is 0.293. The highest BCUT2D eigenvalue weighted by Crippen LogP contribution is 2.25. The number of nitrogen functional groups attached to an aromatic ring is 2. The number of rotatable bonds is 5. The minimum atomic E-state index is 0.293. The van der Waals surface area contributed by atoms with Crippen LogP contribution in [0.3, 0.4) is 0 Å². The Morgan fingerprint density at radius 2 is 2.14 bits per heavy atom. The maximum atomic E-state index is 5.53. The van der Waals surface area contributed by atoms with Crippen molar-refractivity contribution in [2.24, 2.45) is 10.2 Å². The fraction of sp³-hybridized carbons (Fsp3) is 0.625. The van der Waals surface area contributed by atoms with Crippen LogP contribution in [0.5, 0.6) is 0 Å². The van der Waals surface area contributed by atoms with E-state index >= 15 is 0 Å². The first-order chi connectivity index (χ1) is 6.75. The van der Waals surface area contributed by atoms with Crippen LogP contribution in [0.25, 0.3) is 0 Å². The number of hydrogen-bond donors (Lipinski definition) is 3. The smallest absolute Gasteiger partial charge is 0.175 e. The maximum Gasteiger partial charge on any atom is 0.175 e. The van der Waals surface area contributed by atoms with Crippen LogP contribution < -0.4 is 11.5 Å². The van der Waals surface area contributed by atoms with Gasteiger partial charge in [0.25, 0.3) is 0 Å². The second-order valence-corrected chi connectivity index (χ2v) is 3.04. The summed E-state index contributed by atoms with van der Waals surface area (Å²) < 4.78 is 0. The lowest BCUT2D eigenvalue weighted by Crippen LogP contribution is -1.85. The zero-order valence-corrected chi connectivity index (χ0v) is 8.32. The van der Waals surface area contributed by atoms with Gasteiger partial charge in [-0.15, -0.1) is 5.11 Å². The molecular weight excluding hydrogens is 180 g/mol. The van der Waals surface area contributed by atoms with Gasteiger partial charge in [0.15, 0.2) is 11.5 Å². The molecule has 1 rings (SSSR count). The van der Waals surface area contributed by atoms with Crippen LogP contribution in [-0.2, 0) is 0 Å². The molecule has 78 valence electrons. The molecule has 6 heteroatoms. The van der Waals surface area contributed by atoms with Crippen LogP contribution in [0, 0.1) is 0 Å². The SMILES string of the molecule is CCCCCN=Nc1c(N)n[nH]c1N. The molecule has 1 aromatic heterocycles.